The summed E-state index contributed by atoms with van der Waals surface area (Å²) in [7, 11) is 0. The maximum absolute atomic E-state index is 13.8. The zero-order chi connectivity index (χ0) is 22.9. The van der Waals surface area contributed by atoms with E-state index in [2.05, 4.69) is 10.1 Å². The summed E-state index contributed by atoms with van der Waals surface area (Å²) in [6.07, 6.45) is -2.85. The average molecular weight is 446 g/mol. The molecule has 3 aromatic rings. The molecule has 0 aliphatic carbocycles. The van der Waals surface area contributed by atoms with Gasteiger partial charge in [0.25, 0.3) is 5.91 Å². The van der Waals surface area contributed by atoms with E-state index < -0.39 is 29.8 Å². The number of amides is 1. The van der Waals surface area contributed by atoms with Gasteiger partial charge in [0.1, 0.15) is 6.04 Å². The fraction of sp³-hybridized carbons (Fsp3) is 0.364. The number of ether oxygens (including phenoxy) is 1. The van der Waals surface area contributed by atoms with Gasteiger partial charge in [-0.25, -0.2) is 14.3 Å². The Hall–Kier alpha value is -3.43. The van der Waals surface area contributed by atoms with Gasteiger partial charge in [-0.2, -0.15) is 18.3 Å². The lowest BCUT2D eigenvalue weighted by Crippen LogP contribution is -2.48. The lowest BCUT2D eigenvalue weighted by atomic mass is 10.0. The van der Waals surface area contributed by atoms with Gasteiger partial charge in [0.15, 0.2) is 17.0 Å². The molecule has 168 valence electrons. The van der Waals surface area contributed by atoms with Crippen LogP contribution in [-0.4, -0.2) is 50.6 Å². The van der Waals surface area contributed by atoms with E-state index in [-0.39, 0.29) is 23.6 Å². The van der Waals surface area contributed by atoms with E-state index in [4.69, 9.17) is 4.74 Å². The molecule has 1 atom stereocenters. The largest absolute Gasteiger partial charge is 0.464 e. The van der Waals surface area contributed by atoms with Crippen molar-refractivity contribution in [2.24, 2.45) is 0 Å². The van der Waals surface area contributed by atoms with Crippen LogP contribution in [0.5, 0.6) is 0 Å². The van der Waals surface area contributed by atoms with E-state index in [1.165, 1.54) is 11.0 Å². The van der Waals surface area contributed by atoms with Crippen LogP contribution in [0.25, 0.3) is 16.9 Å². The van der Waals surface area contributed by atoms with Crippen LogP contribution in [-0.2, 0) is 15.7 Å². The number of carbonyl (C=O) groups is 2. The van der Waals surface area contributed by atoms with Gasteiger partial charge in [-0.05, 0) is 32.3 Å². The molecule has 0 N–H and O–H groups in total. The Morgan fingerprint density at radius 1 is 1.16 bits per heavy atom. The minimum absolute atomic E-state index is 0.105. The van der Waals surface area contributed by atoms with E-state index >= 15 is 0 Å². The third kappa shape index (κ3) is 4.17. The highest BCUT2D eigenvalue weighted by Gasteiger charge is 2.37. The Morgan fingerprint density at radius 2 is 1.91 bits per heavy atom. The molecule has 2 aromatic heterocycles. The molecule has 1 aromatic carbocycles. The SMILES string of the molecule is CCOC(=O)C1CCCCN1C(=O)c1cc2nc(-c3ccccc3)cc(C(F)(F)F)n2n1. The zero-order valence-corrected chi connectivity index (χ0v) is 17.3. The molecule has 0 radical (unpaired) electrons. The van der Waals surface area contributed by atoms with Crippen LogP contribution in [0.3, 0.4) is 0 Å². The number of halogens is 3. The molecule has 0 bridgehead atoms. The molecular weight excluding hydrogens is 425 g/mol. The van der Waals surface area contributed by atoms with Gasteiger partial charge in [0.05, 0.1) is 12.3 Å². The van der Waals surface area contributed by atoms with Gasteiger partial charge in [-0.1, -0.05) is 30.3 Å². The summed E-state index contributed by atoms with van der Waals surface area (Å²) in [4.78, 5) is 31.1. The van der Waals surface area contributed by atoms with Crippen LogP contribution in [0.4, 0.5) is 13.2 Å². The number of alkyl halides is 3. The highest BCUT2D eigenvalue weighted by atomic mass is 19.4. The van der Waals surface area contributed by atoms with Crippen molar-refractivity contribution in [3.05, 3.63) is 53.9 Å². The van der Waals surface area contributed by atoms with Crippen molar-refractivity contribution in [1.82, 2.24) is 19.5 Å². The first kappa shape index (κ1) is 21.8. The maximum Gasteiger partial charge on any atom is 0.433 e. The number of piperidine rings is 1. The smallest absolute Gasteiger partial charge is 0.433 e. The lowest BCUT2D eigenvalue weighted by Gasteiger charge is -2.33. The first-order valence-electron chi connectivity index (χ1n) is 10.3. The highest BCUT2D eigenvalue weighted by Crippen LogP contribution is 2.32. The van der Waals surface area contributed by atoms with E-state index in [1.807, 2.05) is 0 Å². The molecular formula is C22H21F3N4O3. The second-order valence-electron chi connectivity index (χ2n) is 7.45. The van der Waals surface area contributed by atoms with E-state index in [0.29, 0.717) is 29.5 Å². The number of carbonyl (C=O) groups excluding carboxylic acids is 2. The molecule has 4 rings (SSSR count). The van der Waals surface area contributed by atoms with E-state index in [1.54, 1.807) is 37.3 Å². The lowest BCUT2D eigenvalue weighted by molar-refractivity contribution is -0.149. The molecule has 0 saturated carbocycles. The molecule has 1 aliphatic rings. The van der Waals surface area contributed by atoms with Crippen LogP contribution >= 0.6 is 0 Å². The van der Waals surface area contributed by atoms with Gasteiger partial charge in [0, 0.05) is 18.2 Å². The van der Waals surface area contributed by atoms with Crippen molar-refractivity contribution in [2.45, 2.75) is 38.4 Å². The molecule has 1 saturated heterocycles. The minimum Gasteiger partial charge on any atom is -0.464 e. The van der Waals surface area contributed by atoms with E-state index in [0.717, 1.165) is 12.5 Å². The zero-order valence-electron chi connectivity index (χ0n) is 17.3. The third-order valence-electron chi connectivity index (χ3n) is 5.33. The van der Waals surface area contributed by atoms with Crippen LogP contribution in [0.15, 0.2) is 42.5 Å². The average Bonchev–Trinajstić information content (AvgIpc) is 3.22. The quantitative estimate of drug-likeness (QED) is 0.567. The molecule has 10 heteroatoms. The molecule has 32 heavy (non-hydrogen) atoms. The Morgan fingerprint density at radius 3 is 2.59 bits per heavy atom. The second-order valence-corrected chi connectivity index (χ2v) is 7.45. The highest BCUT2D eigenvalue weighted by molar-refractivity contribution is 5.96. The number of benzene rings is 1. The van der Waals surface area contributed by atoms with Crippen molar-refractivity contribution >= 4 is 17.5 Å². The number of aromatic nitrogens is 3. The number of nitrogens with zero attached hydrogens (tertiary/aromatic N) is 4. The predicted octanol–water partition coefficient (Wildman–Crippen LogP) is 3.97. The molecule has 1 unspecified atom stereocenters. The molecule has 7 nitrogen and oxygen atoms in total. The Kier molecular flexibility index (Phi) is 5.86. The van der Waals surface area contributed by atoms with Crippen molar-refractivity contribution in [1.29, 1.82) is 0 Å². The molecule has 1 aliphatic heterocycles. The number of rotatable bonds is 4. The summed E-state index contributed by atoms with van der Waals surface area (Å²) in [5.74, 6) is -1.15. The van der Waals surface area contributed by atoms with Crippen LogP contribution in [0, 0.1) is 0 Å². The van der Waals surface area contributed by atoms with E-state index in [9.17, 15) is 22.8 Å². The molecule has 3 heterocycles. The van der Waals surface area contributed by atoms with Crippen molar-refractivity contribution < 1.29 is 27.5 Å². The minimum atomic E-state index is -4.71. The number of esters is 1. The van der Waals surface area contributed by atoms with Crippen molar-refractivity contribution in [2.75, 3.05) is 13.2 Å². The van der Waals surface area contributed by atoms with Crippen LogP contribution < -0.4 is 0 Å². The summed E-state index contributed by atoms with van der Waals surface area (Å²) in [5, 5.41) is 3.92. The van der Waals surface area contributed by atoms with Crippen molar-refractivity contribution in [3.63, 3.8) is 0 Å². The first-order valence-corrected chi connectivity index (χ1v) is 10.3. The summed E-state index contributed by atoms with van der Waals surface area (Å²) < 4.78 is 47.1. The third-order valence-corrected chi connectivity index (χ3v) is 5.33. The summed E-state index contributed by atoms with van der Waals surface area (Å²) in [6.45, 7) is 2.14. The predicted molar refractivity (Wildman–Crippen MR) is 109 cm³/mol. The summed E-state index contributed by atoms with van der Waals surface area (Å²) in [5.41, 5.74) is -0.725. The molecule has 1 amide bonds. The number of hydrogen-bond acceptors (Lipinski definition) is 5. The number of fused-ring (bicyclic) bond motifs is 1. The number of hydrogen-bond donors (Lipinski definition) is 0. The fourth-order valence-electron chi connectivity index (χ4n) is 3.84. The number of likely N-dealkylation sites (tertiary alicyclic amines) is 1. The Bertz CT molecular complexity index is 1140. The van der Waals surface area contributed by atoms with Gasteiger partial charge >= 0.3 is 12.1 Å². The normalized spacial score (nSPS) is 16.9. The van der Waals surface area contributed by atoms with Crippen molar-refractivity contribution in [3.8, 4) is 11.3 Å². The summed E-state index contributed by atoms with van der Waals surface area (Å²) in [6, 6.07) is 9.80. The molecule has 1 fully saturated rings. The summed E-state index contributed by atoms with van der Waals surface area (Å²) >= 11 is 0. The van der Waals surface area contributed by atoms with Crippen LogP contribution in [0.2, 0.25) is 0 Å². The fourth-order valence-corrected chi connectivity index (χ4v) is 3.84. The molecule has 0 spiro atoms. The van der Waals surface area contributed by atoms with Crippen LogP contribution in [0.1, 0.15) is 42.4 Å². The monoisotopic (exact) mass is 446 g/mol. The standard InChI is InChI=1S/C22H21F3N4O3/c1-2-32-21(31)17-10-6-7-11-28(17)20(30)16-13-19-26-15(14-8-4-3-5-9-14)12-18(22(23,24)25)29(19)27-16/h3-5,8-9,12-13,17H,2,6-7,10-11H2,1H3. The Labute approximate surface area is 181 Å². The Balaban J connectivity index is 1.77. The maximum atomic E-state index is 13.8. The van der Waals surface area contributed by atoms with Gasteiger partial charge in [-0.15, -0.1) is 0 Å². The topological polar surface area (TPSA) is 76.8 Å². The first-order chi connectivity index (χ1) is 15.3. The van der Waals surface area contributed by atoms with Gasteiger partial charge in [0.2, 0.25) is 0 Å². The van der Waals surface area contributed by atoms with Gasteiger partial charge in [-0.3, -0.25) is 4.79 Å². The second kappa shape index (κ2) is 8.60. The van der Waals surface area contributed by atoms with Gasteiger partial charge < -0.3 is 9.64 Å².